The smallest absolute Gasteiger partial charge is 0.452 e. The van der Waals surface area contributed by atoms with E-state index in [2.05, 4.69) is 10.2 Å². The van der Waals surface area contributed by atoms with E-state index in [0.717, 1.165) is 4.57 Å². The first-order valence-corrected chi connectivity index (χ1v) is 14.7. The van der Waals surface area contributed by atoms with Crippen molar-refractivity contribution in [2.75, 3.05) is 40.4 Å². The van der Waals surface area contributed by atoms with Crippen molar-refractivity contribution < 1.29 is 42.1 Å². The summed E-state index contributed by atoms with van der Waals surface area (Å²) in [5.41, 5.74) is 1.13. The largest absolute Gasteiger partial charge is 0.493 e. The fraction of sp³-hybridized carbons (Fsp3) is 0.393. The Morgan fingerprint density at radius 1 is 1.11 bits per heavy atom. The van der Waals surface area contributed by atoms with E-state index >= 15 is 0 Å². The van der Waals surface area contributed by atoms with Gasteiger partial charge in [0.1, 0.15) is 0 Å². The van der Waals surface area contributed by atoms with Crippen LogP contribution in [0.3, 0.4) is 0 Å². The number of nitrogens with zero attached hydrogens (tertiary/aromatic N) is 5. The number of aliphatic carboxylic acids is 1. The molecule has 2 amide bonds. The predicted octanol–water partition coefficient (Wildman–Crippen LogP) is 4.37. The molecule has 2 aliphatic rings. The van der Waals surface area contributed by atoms with Crippen LogP contribution in [0.15, 0.2) is 36.4 Å². The third-order valence-corrected chi connectivity index (χ3v) is 9.11. The van der Waals surface area contributed by atoms with Gasteiger partial charge in [-0.25, -0.2) is 0 Å². The van der Waals surface area contributed by atoms with Crippen molar-refractivity contribution >= 4 is 41.1 Å². The highest BCUT2D eigenvalue weighted by molar-refractivity contribution is 8.00. The number of amides is 2. The average molecular weight is 654 g/mol. The van der Waals surface area contributed by atoms with Crippen LogP contribution in [0.4, 0.5) is 13.2 Å². The van der Waals surface area contributed by atoms with Gasteiger partial charge in [0, 0.05) is 36.6 Å². The molecule has 0 saturated carbocycles. The number of piperazine rings is 1. The Bertz CT molecular complexity index is 1600. The van der Waals surface area contributed by atoms with Crippen LogP contribution in [0.5, 0.6) is 11.5 Å². The maximum atomic E-state index is 14.3. The SMILES string of the molecule is COc1cccc([C@H]2S[C@H](CC(=O)N3CCN(CCC(=O)O)C(=O)C3)c3nnc(C(F)(F)F)n3-c3ccc(Cl)cc32)c1OC. The van der Waals surface area contributed by atoms with Gasteiger partial charge in [0.15, 0.2) is 17.3 Å². The Balaban J connectivity index is 1.57. The minimum atomic E-state index is -4.87. The summed E-state index contributed by atoms with van der Waals surface area (Å²) < 4.78 is 54.9. The lowest BCUT2D eigenvalue weighted by Gasteiger charge is -2.34. The summed E-state index contributed by atoms with van der Waals surface area (Å²) in [7, 11) is 2.92. The summed E-state index contributed by atoms with van der Waals surface area (Å²) in [5, 5.41) is 15.0. The number of ether oxygens (including phenoxy) is 2. The highest BCUT2D eigenvalue weighted by Gasteiger charge is 2.44. The fourth-order valence-electron chi connectivity index (χ4n) is 5.34. The van der Waals surface area contributed by atoms with Crippen molar-refractivity contribution in [3.63, 3.8) is 0 Å². The molecule has 234 valence electrons. The van der Waals surface area contributed by atoms with Gasteiger partial charge in [-0.1, -0.05) is 23.7 Å². The topological polar surface area (TPSA) is 127 Å². The predicted molar refractivity (Wildman–Crippen MR) is 153 cm³/mol. The summed E-state index contributed by atoms with van der Waals surface area (Å²) >= 11 is 7.56. The second kappa shape index (κ2) is 12.6. The monoisotopic (exact) mass is 653 g/mol. The number of alkyl halides is 3. The van der Waals surface area contributed by atoms with Gasteiger partial charge in [-0.3, -0.25) is 19.0 Å². The molecule has 1 aromatic heterocycles. The standard InChI is InChI=1S/C28H27ClF3N5O6S/c1-42-19-5-3-4-16(24(19)43-2)25-17-12-15(29)6-7-18(17)37-26(33-34-27(37)28(30,31)32)20(44-25)13-21(38)36-11-10-35(22(39)14-36)9-8-23(40)41/h3-7,12,20,25H,8-11,13-14H2,1-2H3,(H,40,41)/t20-,25-/m1/s1. The molecular formula is C28H27ClF3N5O6S. The molecule has 0 aliphatic carbocycles. The highest BCUT2D eigenvalue weighted by Crippen LogP contribution is 2.54. The number of thioether (sulfide) groups is 1. The summed E-state index contributed by atoms with van der Waals surface area (Å²) in [6.07, 6.45) is -5.39. The van der Waals surface area contributed by atoms with Crippen LogP contribution >= 0.6 is 23.4 Å². The van der Waals surface area contributed by atoms with Gasteiger partial charge >= 0.3 is 12.1 Å². The molecule has 1 N–H and O–H groups in total. The lowest BCUT2D eigenvalue weighted by Crippen LogP contribution is -2.52. The normalized spacial score (nSPS) is 18.4. The summed E-state index contributed by atoms with van der Waals surface area (Å²) in [4.78, 5) is 39.9. The first-order valence-electron chi connectivity index (χ1n) is 13.4. The zero-order valence-corrected chi connectivity index (χ0v) is 25.1. The molecule has 2 atom stereocenters. The number of carbonyl (C=O) groups is 3. The van der Waals surface area contributed by atoms with E-state index in [4.69, 9.17) is 26.2 Å². The Morgan fingerprint density at radius 2 is 1.89 bits per heavy atom. The van der Waals surface area contributed by atoms with Crippen LogP contribution in [0.2, 0.25) is 5.02 Å². The van der Waals surface area contributed by atoms with E-state index in [9.17, 15) is 27.6 Å². The zero-order chi connectivity index (χ0) is 31.8. The lowest BCUT2D eigenvalue weighted by atomic mass is 10.0. The van der Waals surface area contributed by atoms with E-state index in [0.29, 0.717) is 22.6 Å². The van der Waals surface area contributed by atoms with Gasteiger partial charge < -0.3 is 24.4 Å². The van der Waals surface area contributed by atoms with Gasteiger partial charge in [0.05, 0.1) is 43.4 Å². The first-order chi connectivity index (χ1) is 20.9. The molecule has 44 heavy (non-hydrogen) atoms. The number of aromatic nitrogens is 3. The van der Waals surface area contributed by atoms with Crippen molar-refractivity contribution in [2.45, 2.75) is 29.5 Å². The van der Waals surface area contributed by atoms with Crippen LogP contribution in [-0.4, -0.2) is 87.9 Å². The van der Waals surface area contributed by atoms with E-state index < -0.39 is 40.3 Å². The van der Waals surface area contributed by atoms with Gasteiger partial charge in [0.2, 0.25) is 17.6 Å². The molecule has 0 spiro atoms. The average Bonchev–Trinajstić information content (AvgIpc) is 3.39. The molecule has 3 heterocycles. The molecule has 1 fully saturated rings. The Labute approximate surface area is 258 Å². The second-order valence-corrected chi connectivity index (χ2v) is 11.8. The van der Waals surface area contributed by atoms with Crippen molar-refractivity contribution in [3.05, 3.63) is 64.2 Å². The molecule has 11 nitrogen and oxygen atoms in total. The summed E-state index contributed by atoms with van der Waals surface area (Å²) in [6.45, 7) is 0.0187. The van der Waals surface area contributed by atoms with Crippen molar-refractivity contribution in [1.29, 1.82) is 0 Å². The molecule has 0 bridgehead atoms. The number of rotatable bonds is 8. The molecule has 0 radical (unpaired) electrons. The first kappa shape index (κ1) is 31.4. The van der Waals surface area contributed by atoms with E-state index in [-0.39, 0.29) is 55.6 Å². The number of fused-ring (bicyclic) bond motifs is 3. The van der Waals surface area contributed by atoms with E-state index in [1.807, 2.05) is 0 Å². The number of para-hydroxylation sites is 1. The second-order valence-electron chi connectivity index (χ2n) is 10.0. The van der Waals surface area contributed by atoms with Gasteiger partial charge in [-0.05, 0) is 29.8 Å². The van der Waals surface area contributed by atoms with Crippen LogP contribution in [-0.2, 0) is 20.6 Å². The number of carbonyl (C=O) groups excluding carboxylic acids is 2. The molecule has 2 aromatic carbocycles. The van der Waals surface area contributed by atoms with Crippen LogP contribution < -0.4 is 9.47 Å². The number of hydrogen-bond donors (Lipinski definition) is 1. The third kappa shape index (κ3) is 6.15. The lowest BCUT2D eigenvalue weighted by molar-refractivity contribution is -0.147. The number of halogens is 4. The number of hydrogen-bond acceptors (Lipinski definition) is 8. The van der Waals surface area contributed by atoms with Gasteiger partial charge in [-0.15, -0.1) is 22.0 Å². The number of carboxylic acid groups (broad SMARTS) is 1. The number of benzene rings is 2. The number of carboxylic acids is 1. The molecule has 0 unspecified atom stereocenters. The molecular weight excluding hydrogens is 627 g/mol. The van der Waals surface area contributed by atoms with Crippen molar-refractivity contribution in [3.8, 4) is 17.2 Å². The van der Waals surface area contributed by atoms with Crippen molar-refractivity contribution in [2.24, 2.45) is 0 Å². The molecule has 2 aliphatic heterocycles. The quantitative estimate of drug-likeness (QED) is 0.377. The maximum Gasteiger partial charge on any atom is 0.452 e. The minimum Gasteiger partial charge on any atom is -0.493 e. The molecule has 3 aromatic rings. The van der Waals surface area contributed by atoms with Gasteiger partial charge in [0.25, 0.3) is 0 Å². The molecule has 16 heteroatoms. The molecule has 1 saturated heterocycles. The minimum absolute atomic E-state index is 0.0167. The Kier molecular flexibility index (Phi) is 8.97. The fourth-order valence-corrected chi connectivity index (χ4v) is 7.03. The van der Waals surface area contributed by atoms with Crippen LogP contribution in [0.25, 0.3) is 5.69 Å². The van der Waals surface area contributed by atoms with Crippen LogP contribution in [0, 0.1) is 0 Å². The summed E-state index contributed by atoms with van der Waals surface area (Å²) in [5.74, 6) is -2.51. The van der Waals surface area contributed by atoms with E-state index in [1.54, 1.807) is 24.3 Å². The maximum absolute atomic E-state index is 14.3. The third-order valence-electron chi connectivity index (χ3n) is 7.39. The van der Waals surface area contributed by atoms with Crippen molar-refractivity contribution in [1.82, 2.24) is 24.6 Å². The zero-order valence-electron chi connectivity index (χ0n) is 23.5. The van der Waals surface area contributed by atoms with E-state index in [1.165, 1.54) is 47.9 Å². The Hall–Kier alpha value is -3.98. The number of methoxy groups -OCH3 is 2. The highest BCUT2D eigenvalue weighted by atomic mass is 35.5. The van der Waals surface area contributed by atoms with Crippen LogP contribution in [0.1, 0.15) is 46.1 Å². The van der Waals surface area contributed by atoms with Gasteiger partial charge in [-0.2, -0.15) is 13.2 Å². The molecule has 5 rings (SSSR count). The summed E-state index contributed by atoms with van der Waals surface area (Å²) in [6, 6.07) is 9.66. The Morgan fingerprint density at radius 3 is 2.55 bits per heavy atom.